The van der Waals surface area contributed by atoms with Crippen LogP contribution in [0.4, 0.5) is 0 Å². The summed E-state index contributed by atoms with van der Waals surface area (Å²) in [5, 5.41) is 9.59. The van der Waals surface area contributed by atoms with Crippen LogP contribution in [-0.4, -0.2) is 30.5 Å². The molecule has 0 aromatic carbocycles. The van der Waals surface area contributed by atoms with Crippen LogP contribution in [0, 0.1) is 0 Å². The highest BCUT2D eigenvalue weighted by Crippen LogP contribution is 2.07. The average Bonchev–Trinajstić information content (AvgIpc) is 2.22. The minimum atomic E-state index is -0.762. The fourth-order valence-electron chi connectivity index (χ4n) is 1.30. The molecule has 3 heteroatoms. The monoisotopic (exact) mass is 217 g/mol. The van der Waals surface area contributed by atoms with Gasteiger partial charge in [0.1, 0.15) is 0 Å². The summed E-state index contributed by atoms with van der Waals surface area (Å²) in [5.74, 6) is 0. The fraction of sp³-hybridized carbons (Fsp3) is 1.00. The lowest BCUT2D eigenvalue weighted by Gasteiger charge is -2.20. The molecule has 0 radical (unpaired) electrons. The fourth-order valence-corrected chi connectivity index (χ4v) is 1.30. The molecule has 0 amide bonds. The van der Waals surface area contributed by atoms with Gasteiger partial charge in [0.2, 0.25) is 0 Å². The first kappa shape index (κ1) is 14.9. The molecule has 0 heterocycles. The minimum absolute atomic E-state index is 0.298. The van der Waals surface area contributed by atoms with Crippen LogP contribution in [0.3, 0.4) is 0 Å². The van der Waals surface area contributed by atoms with Gasteiger partial charge in [-0.05, 0) is 13.3 Å². The van der Waals surface area contributed by atoms with Crippen LogP contribution in [0.2, 0.25) is 0 Å². The molecule has 3 N–H and O–H groups in total. The standard InChI is InChI=1S/C12H27NO2/c1-3-4-5-6-7-9-15-10-8-12(2,14)11-13/h14H,3-11,13H2,1-2H3. The maximum absolute atomic E-state index is 9.59. The van der Waals surface area contributed by atoms with Crippen molar-refractivity contribution in [1.82, 2.24) is 0 Å². The summed E-state index contributed by atoms with van der Waals surface area (Å²) in [6.45, 7) is 5.68. The second-order valence-corrected chi connectivity index (χ2v) is 4.48. The highest BCUT2D eigenvalue weighted by molar-refractivity contribution is 4.72. The molecular weight excluding hydrogens is 190 g/mol. The minimum Gasteiger partial charge on any atom is -0.389 e. The van der Waals surface area contributed by atoms with E-state index in [0.717, 1.165) is 13.0 Å². The number of unbranched alkanes of at least 4 members (excludes halogenated alkanes) is 4. The molecule has 3 nitrogen and oxygen atoms in total. The Balaban J connectivity index is 3.11. The quantitative estimate of drug-likeness (QED) is 0.551. The number of hydrogen-bond acceptors (Lipinski definition) is 3. The Hall–Kier alpha value is -0.120. The van der Waals surface area contributed by atoms with Crippen molar-refractivity contribution in [3.05, 3.63) is 0 Å². The topological polar surface area (TPSA) is 55.5 Å². The van der Waals surface area contributed by atoms with Crippen LogP contribution in [0.15, 0.2) is 0 Å². The first-order chi connectivity index (χ1) is 7.12. The van der Waals surface area contributed by atoms with Crippen LogP contribution >= 0.6 is 0 Å². The van der Waals surface area contributed by atoms with Gasteiger partial charge in [-0.25, -0.2) is 0 Å². The molecule has 0 aliphatic carbocycles. The zero-order valence-electron chi connectivity index (χ0n) is 10.3. The maximum atomic E-state index is 9.59. The summed E-state index contributed by atoms with van der Waals surface area (Å²) in [4.78, 5) is 0. The summed E-state index contributed by atoms with van der Waals surface area (Å²) in [7, 11) is 0. The molecule has 0 bridgehead atoms. The van der Waals surface area contributed by atoms with Gasteiger partial charge in [0.05, 0.1) is 5.60 Å². The van der Waals surface area contributed by atoms with E-state index in [1.165, 1.54) is 25.7 Å². The Morgan fingerprint density at radius 2 is 1.80 bits per heavy atom. The van der Waals surface area contributed by atoms with Crippen LogP contribution in [0.1, 0.15) is 52.4 Å². The van der Waals surface area contributed by atoms with Gasteiger partial charge in [0, 0.05) is 26.2 Å². The highest BCUT2D eigenvalue weighted by atomic mass is 16.5. The van der Waals surface area contributed by atoms with Crippen molar-refractivity contribution in [3.8, 4) is 0 Å². The molecule has 0 aromatic rings. The van der Waals surface area contributed by atoms with Gasteiger partial charge in [0.25, 0.3) is 0 Å². The second kappa shape index (κ2) is 9.13. The predicted octanol–water partition coefficient (Wildman–Crippen LogP) is 2.07. The lowest BCUT2D eigenvalue weighted by Crippen LogP contribution is -2.35. The molecule has 0 rings (SSSR count). The Morgan fingerprint density at radius 1 is 1.13 bits per heavy atom. The van der Waals surface area contributed by atoms with Gasteiger partial charge < -0.3 is 15.6 Å². The van der Waals surface area contributed by atoms with Crippen molar-refractivity contribution >= 4 is 0 Å². The van der Waals surface area contributed by atoms with Gasteiger partial charge >= 0.3 is 0 Å². The summed E-state index contributed by atoms with van der Waals surface area (Å²) >= 11 is 0. The van der Waals surface area contributed by atoms with Crippen molar-refractivity contribution in [3.63, 3.8) is 0 Å². The molecule has 15 heavy (non-hydrogen) atoms. The van der Waals surface area contributed by atoms with E-state index in [1.54, 1.807) is 6.92 Å². The third-order valence-corrected chi connectivity index (χ3v) is 2.62. The van der Waals surface area contributed by atoms with Crippen LogP contribution < -0.4 is 5.73 Å². The van der Waals surface area contributed by atoms with E-state index in [1.807, 2.05) is 0 Å². The second-order valence-electron chi connectivity index (χ2n) is 4.48. The first-order valence-corrected chi connectivity index (χ1v) is 6.12. The molecule has 0 aliphatic rings. The number of aliphatic hydroxyl groups is 1. The molecule has 92 valence electrons. The normalized spacial score (nSPS) is 15.2. The van der Waals surface area contributed by atoms with E-state index >= 15 is 0 Å². The van der Waals surface area contributed by atoms with Crippen molar-refractivity contribution in [1.29, 1.82) is 0 Å². The molecule has 1 unspecified atom stereocenters. The molecule has 0 saturated heterocycles. The van der Waals surface area contributed by atoms with Crippen LogP contribution in [-0.2, 0) is 4.74 Å². The average molecular weight is 217 g/mol. The van der Waals surface area contributed by atoms with Gasteiger partial charge in [-0.15, -0.1) is 0 Å². The summed E-state index contributed by atoms with van der Waals surface area (Å²) < 4.78 is 5.44. The smallest absolute Gasteiger partial charge is 0.0763 e. The number of rotatable bonds is 10. The van der Waals surface area contributed by atoms with Gasteiger partial charge in [-0.2, -0.15) is 0 Å². The first-order valence-electron chi connectivity index (χ1n) is 6.12. The third kappa shape index (κ3) is 10.2. The SMILES string of the molecule is CCCCCCCOCCC(C)(O)CN. The Morgan fingerprint density at radius 3 is 2.40 bits per heavy atom. The summed E-state index contributed by atoms with van der Waals surface area (Å²) in [5.41, 5.74) is 4.63. The van der Waals surface area contributed by atoms with E-state index in [0.29, 0.717) is 19.6 Å². The molecule has 1 atom stereocenters. The number of hydrogen-bond donors (Lipinski definition) is 2. The van der Waals surface area contributed by atoms with E-state index in [4.69, 9.17) is 10.5 Å². The molecule has 0 aromatic heterocycles. The Bertz CT molecular complexity index is 138. The van der Waals surface area contributed by atoms with Crippen molar-refractivity contribution < 1.29 is 9.84 Å². The van der Waals surface area contributed by atoms with E-state index in [2.05, 4.69) is 6.92 Å². The molecule has 0 spiro atoms. The van der Waals surface area contributed by atoms with Gasteiger partial charge in [-0.3, -0.25) is 0 Å². The van der Waals surface area contributed by atoms with Crippen LogP contribution in [0.5, 0.6) is 0 Å². The zero-order valence-corrected chi connectivity index (χ0v) is 10.3. The van der Waals surface area contributed by atoms with Crippen molar-refractivity contribution in [2.75, 3.05) is 19.8 Å². The predicted molar refractivity (Wildman–Crippen MR) is 63.9 cm³/mol. The third-order valence-electron chi connectivity index (χ3n) is 2.62. The summed E-state index contributed by atoms with van der Waals surface area (Å²) in [6, 6.07) is 0. The largest absolute Gasteiger partial charge is 0.389 e. The van der Waals surface area contributed by atoms with Gasteiger partial charge in [0.15, 0.2) is 0 Å². The maximum Gasteiger partial charge on any atom is 0.0763 e. The van der Waals surface area contributed by atoms with Crippen molar-refractivity contribution in [2.24, 2.45) is 5.73 Å². The summed E-state index contributed by atoms with van der Waals surface area (Å²) in [6.07, 6.45) is 6.91. The molecule has 0 saturated carbocycles. The zero-order chi connectivity index (χ0) is 11.6. The molecule has 0 fully saturated rings. The van der Waals surface area contributed by atoms with E-state index < -0.39 is 5.60 Å². The number of nitrogens with two attached hydrogens (primary N) is 1. The highest BCUT2D eigenvalue weighted by Gasteiger charge is 2.16. The Labute approximate surface area is 94.0 Å². The molecule has 0 aliphatic heterocycles. The lowest BCUT2D eigenvalue weighted by atomic mass is 10.0. The van der Waals surface area contributed by atoms with Gasteiger partial charge in [-0.1, -0.05) is 32.6 Å². The number of ether oxygens (including phenoxy) is 1. The van der Waals surface area contributed by atoms with E-state index in [-0.39, 0.29) is 0 Å². The van der Waals surface area contributed by atoms with E-state index in [9.17, 15) is 5.11 Å². The lowest BCUT2D eigenvalue weighted by molar-refractivity contribution is 0.0202. The van der Waals surface area contributed by atoms with Crippen LogP contribution in [0.25, 0.3) is 0 Å². The molecular formula is C12H27NO2. The van der Waals surface area contributed by atoms with Crippen molar-refractivity contribution in [2.45, 2.75) is 58.0 Å². The Kier molecular flexibility index (Phi) is 9.06.